The maximum atomic E-state index is 11.8. The summed E-state index contributed by atoms with van der Waals surface area (Å²) in [5, 5.41) is 6.34. The average molecular weight is 327 g/mol. The highest BCUT2D eigenvalue weighted by Gasteiger charge is 2.15. The molecule has 0 radical (unpaired) electrons. The van der Waals surface area contributed by atoms with Crippen molar-refractivity contribution in [2.45, 2.75) is 32.6 Å². The topological polar surface area (TPSA) is 50.4 Å². The number of halogens is 1. The molecule has 2 N–H and O–H groups in total. The highest BCUT2D eigenvalue weighted by Crippen LogP contribution is 2.19. The van der Waals surface area contributed by atoms with E-state index in [1.165, 1.54) is 12.0 Å². The molecule has 0 bridgehead atoms. The van der Waals surface area contributed by atoms with Crippen LogP contribution in [0.4, 0.5) is 0 Å². The molecule has 124 valence electrons. The monoisotopic (exact) mass is 326 g/mol. The Kier molecular flexibility index (Phi) is 8.28. The molecule has 1 aliphatic rings. The molecule has 1 heterocycles. The highest BCUT2D eigenvalue weighted by atomic mass is 35.5. The van der Waals surface area contributed by atoms with E-state index < -0.39 is 0 Å². The van der Waals surface area contributed by atoms with Crippen LogP contribution >= 0.6 is 12.4 Å². The van der Waals surface area contributed by atoms with Gasteiger partial charge in [0.15, 0.2) is 0 Å². The second kappa shape index (κ2) is 9.70. The Hall–Kier alpha value is -1.26. The van der Waals surface area contributed by atoms with Crippen LogP contribution in [0.1, 0.15) is 30.4 Å². The summed E-state index contributed by atoms with van der Waals surface area (Å²) in [5.41, 5.74) is 2.36. The van der Waals surface area contributed by atoms with E-state index in [1.807, 2.05) is 12.1 Å². The van der Waals surface area contributed by atoms with Crippen molar-refractivity contribution in [2.24, 2.45) is 5.92 Å². The first-order valence-corrected chi connectivity index (χ1v) is 7.80. The Balaban J connectivity index is 0.00000242. The van der Waals surface area contributed by atoms with Gasteiger partial charge in [0, 0.05) is 13.0 Å². The van der Waals surface area contributed by atoms with Crippen LogP contribution in [0.5, 0.6) is 5.75 Å². The molecule has 1 atom stereocenters. The number of hydrogen-bond donors (Lipinski definition) is 2. The molecule has 2 rings (SSSR count). The van der Waals surface area contributed by atoms with E-state index in [2.05, 4.69) is 23.6 Å². The van der Waals surface area contributed by atoms with E-state index >= 15 is 0 Å². The largest absolute Gasteiger partial charge is 0.496 e. The summed E-state index contributed by atoms with van der Waals surface area (Å²) in [7, 11) is 1.68. The summed E-state index contributed by atoms with van der Waals surface area (Å²) >= 11 is 0. The summed E-state index contributed by atoms with van der Waals surface area (Å²) in [6, 6.07) is 6.14. The summed E-state index contributed by atoms with van der Waals surface area (Å²) < 4.78 is 5.35. The number of ether oxygens (including phenoxy) is 1. The summed E-state index contributed by atoms with van der Waals surface area (Å²) in [6.07, 6.45) is 3.64. The van der Waals surface area contributed by atoms with Gasteiger partial charge in [-0.25, -0.2) is 0 Å². The SMILES string of the molecule is COc1ccc(C)cc1CCNC(=O)CCC1CCNC1.Cl. The first-order chi connectivity index (χ1) is 10.2. The molecule has 22 heavy (non-hydrogen) atoms. The smallest absolute Gasteiger partial charge is 0.220 e. The summed E-state index contributed by atoms with van der Waals surface area (Å²) in [6.45, 7) is 4.89. The van der Waals surface area contributed by atoms with Crippen LogP contribution in [0.3, 0.4) is 0 Å². The van der Waals surface area contributed by atoms with Crippen molar-refractivity contribution in [1.29, 1.82) is 0 Å². The van der Waals surface area contributed by atoms with Gasteiger partial charge < -0.3 is 15.4 Å². The fourth-order valence-corrected chi connectivity index (χ4v) is 2.82. The number of rotatable bonds is 7. The number of benzene rings is 1. The van der Waals surface area contributed by atoms with Crippen LogP contribution < -0.4 is 15.4 Å². The van der Waals surface area contributed by atoms with Crippen LogP contribution in [-0.4, -0.2) is 32.7 Å². The normalized spacial score (nSPS) is 16.9. The van der Waals surface area contributed by atoms with E-state index in [1.54, 1.807) is 7.11 Å². The second-order valence-electron chi connectivity index (χ2n) is 5.81. The van der Waals surface area contributed by atoms with Crippen molar-refractivity contribution in [3.63, 3.8) is 0 Å². The van der Waals surface area contributed by atoms with Gasteiger partial charge in [-0.1, -0.05) is 17.7 Å². The van der Waals surface area contributed by atoms with Gasteiger partial charge in [-0.3, -0.25) is 4.79 Å². The number of carbonyl (C=O) groups is 1. The summed E-state index contributed by atoms with van der Waals surface area (Å²) in [5.74, 6) is 1.73. The Morgan fingerprint density at radius 2 is 2.27 bits per heavy atom. The van der Waals surface area contributed by atoms with Crippen molar-refractivity contribution in [3.05, 3.63) is 29.3 Å². The molecule has 1 amide bonds. The summed E-state index contributed by atoms with van der Waals surface area (Å²) in [4.78, 5) is 11.8. The van der Waals surface area contributed by atoms with Crippen LogP contribution in [0, 0.1) is 12.8 Å². The van der Waals surface area contributed by atoms with E-state index in [4.69, 9.17) is 4.74 Å². The number of carbonyl (C=O) groups excluding carboxylic acids is 1. The number of aryl methyl sites for hydroxylation is 1. The fourth-order valence-electron chi connectivity index (χ4n) is 2.82. The highest BCUT2D eigenvalue weighted by molar-refractivity contribution is 5.85. The van der Waals surface area contributed by atoms with Crippen LogP contribution in [0.25, 0.3) is 0 Å². The molecule has 1 aliphatic heterocycles. The molecule has 1 unspecified atom stereocenters. The number of methoxy groups -OCH3 is 1. The second-order valence-corrected chi connectivity index (χ2v) is 5.81. The molecule has 5 heteroatoms. The molecular formula is C17H27ClN2O2. The number of amides is 1. The van der Waals surface area contributed by atoms with Gasteiger partial charge in [0.05, 0.1) is 7.11 Å². The van der Waals surface area contributed by atoms with Gasteiger partial charge in [0.25, 0.3) is 0 Å². The van der Waals surface area contributed by atoms with Crippen LogP contribution in [0.2, 0.25) is 0 Å². The van der Waals surface area contributed by atoms with Crippen molar-refractivity contribution in [2.75, 3.05) is 26.7 Å². The van der Waals surface area contributed by atoms with Crippen molar-refractivity contribution < 1.29 is 9.53 Å². The zero-order chi connectivity index (χ0) is 15.1. The maximum absolute atomic E-state index is 11.8. The molecule has 0 saturated carbocycles. The van der Waals surface area contributed by atoms with Crippen molar-refractivity contribution in [3.8, 4) is 5.75 Å². The molecule has 1 fully saturated rings. The van der Waals surface area contributed by atoms with Gasteiger partial charge in [-0.05, 0) is 56.8 Å². The minimum absolute atomic E-state index is 0. The predicted octanol–water partition coefficient (Wildman–Crippen LogP) is 2.47. The first kappa shape index (κ1) is 18.8. The minimum atomic E-state index is 0. The van der Waals surface area contributed by atoms with Gasteiger partial charge in [-0.15, -0.1) is 12.4 Å². The van der Waals surface area contributed by atoms with Gasteiger partial charge in [0.1, 0.15) is 5.75 Å². The fraction of sp³-hybridized carbons (Fsp3) is 0.588. The van der Waals surface area contributed by atoms with Crippen molar-refractivity contribution in [1.82, 2.24) is 10.6 Å². The molecule has 4 nitrogen and oxygen atoms in total. The minimum Gasteiger partial charge on any atom is -0.496 e. The molecular weight excluding hydrogens is 300 g/mol. The molecule has 0 aromatic heterocycles. The van der Waals surface area contributed by atoms with E-state index in [-0.39, 0.29) is 18.3 Å². The molecule has 1 aromatic carbocycles. The molecule has 0 spiro atoms. The Morgan fingerprint density at radius 1 is 1.45 bits per heavy atom. The standard InChI is InChI=1S/C17H26N2O2.ClH/c1-13-3-5-16(21-2)15(11-13)8-10-19-17(20)6-4-14-7-9-18-12-14;/h3,5,11,14,18H,4,6-10,12H2,1-2H3,(H,19,20);1H. The Bertz CT molecular complexity index is 474. The first-order valence-electron chi connectivity index (χ1n) is 7.80. The Morgan fingerprint density at radius 3 is 2.95 bits per heavy atom. The van der Waals surface area contributed by atoms with E-state index in [0.717, 1.165) is 37.2 Å². The van der Waals surface area contributed by atoms with Gasteiger partial charge >= 0.3 is 0 Å². The van der Waals surface area contributed by atoms with Gasteiger partial charge in [0.2, 0.25) is 5.91 Å². The quantitative estimate of drug-likeness (QED) is 0.809. The zero-order valence-corrected chi connectivity index (χ0v) is 14.3. The van der Waals surface area contributed by atoms with Gasteiger partial charge in [-0.2, -0.15) is 0 Å². The molecule has 1 aromatic rings. The predicted molar refractivity (Wildman–Crippen MR) is 91.9 cm³/mol. The third kappa shape index (κ3) is 5.85. The third-order valence-electron chi connectivity index (χ3n) is 4.09. The number of nitrogens with one attached hydrogen (secondary N) is 2. The van der Waals surface area contributed by atoms with Crippen molar-refractivity contribution >= 4 is 18.3 Å². The third-order valence-corrected chi connectivity index (χ3v) is 4.09. The van der Waals surface area contributed by atoms with Crippen LogP contribution in [-0.2, 0) is 11.2 Å². The maximum Gasteiger partial charge on any atom is 0.220 e. The van der Waals surface area contributed by atoms with E-state index in [0.29, 0.717) is 18.9 Å². The van der Waals surface area contributed by atoms with Crippen LogP contribution in [0.15, 0.2) is 18.2 Å². The lowest BCUT2D eigenvalue weighted by atomic mass is 10.0. The lowest BCUT2D eigenvalue weighted by Crippen LogP contribution is -2.26. The lowest BCUT2D eigenvalue weighted by molar-refractivity contribution is -0.121. The number of hydrogen-bond acceptors (Lipinski definition) is 3. The lowest BCUT2D eigenvalue weighted by Gasteiger charge is -2.11. The van der Waals surface area contributed by atoms with E-state index in [9.17, 15) is 4.79 Å². The molecule has 0 aliphatic carbocycles. The molecule has 1 saturated heterocycles. The average Bonchev–Trinajstić information content (AvgIpc) is 2.99. The zero-order valence-electron chi connectivity index (χ0n) is 13.5. The Labute approximate surface area is 139 Å².